The predicted octanol–water partition coefficient (Wildman–Crippen LogP) is 3.21. The van der Waals surface area contributed by atoms with Crippen molar-refractivity contribution in [1.29, 1.82) is 0 Å². The van der Waals surface area contributed by atoms with E-state index in [4.69, 9.17) is 0 Å². The predicted molar refractivity (Wildman–Crippen MR) is 102 cm³/mol. The fourth-order valence-corrected chi connectivity index (χ4v) is 4.01. The lowest BCUT2D eigenvalue weighted by molar-refractivity contribution is -0.142. The van der Waals surface area contributed by atoms with Crippen LogP contribution in [-0.4, -0.2) is 33.9 Å². The van der Waals surface area contributed by atoms with Crippen molar-refractivity contribution in [2.75, 3.05) is 6.54 Å². The number of H-pyrrole nitrogens is 1. The van der Waals surface area contributed by atoms with Gasteiger partial charge in [0.15, 0.2) is 0 Å². The summed E-state index contributed by atoms with van der Waals surface area (Å²) in [6.45, 7) is 1.56. The molecular formula is C22H19FN2O3. The van der Waals surface area contributed by atoms with Gasteiger partial charge in [-0.05, 0) is 42.7 Å². The Hall–Kier alpha value is -3.28. The van der Waals surface area contributed by atoms with Gasteiger partial charge >= 0.3 is 0 Å². The molecule has 1 amide bonds. The van der Waals surface area contributed by atoms with E-state index in [-0.39, 0.29) is 12.3 Å². The van der Waals surface area contributed by atoms with Crippen molar-refractivity contribution in [3.63, 3.8) is 0 Å². The molecule has 1 fully saturated rings. The van der Waals surface area contributed by atoms with Crippen LogP contribution in [0, 0.1) is 11.7 Å². The number of rotatable bonds is 5. The highest BCUT2D eigenvalue weighted by Crippen LogP contribution is 2.37. The average molecular weight is 378 g/mol. The van der Waals surface area contributed by atoms with Crippen LogP contribution in [0.25, 0.3) is 10.9 Å². The van der Waals surface area contributed by atoms with Gasteiger partial charge in [-0.3, -0.25) is 14.4 Å². The van der Waals surface area contributed by atoms with Gasteiger partial charge in [0.1, 0.15) is 17.5 Å². The van der Waals surface area contributed by atoms with Crippen molar-refractivity contribution < 1.29 is 18.8 Å². The minimum absolute atomic E-state index is 0.261. The van der Waals surface area contributed by atoms with Gasteiger partial charge in [-0.2, -0.15) is 0 Å². The number of hydrogen-bond donors (Lipinski definition) is 1. The van der Waals surface area contributed by atoms with E-state index < -0.39 is 29.5 Å². The zero-order valence-electron chi connectivity index (χ0n) is 15.3. The molecule has 0 spiro atoms. The van der Waals surface area contributed by atoms with Gasteiger partial charge in [0.25, 0.3) is 5.91 Å². The van der Waals surface area contributed by atoms with Crippen LogP contribution < -0.4 is 0 Å². The number of para-hydroxylation sites is 1. The molecule has 2 heterocycles. The van der Waals surface area contributed by atoms with E-state index >= 15 is 0 Å². The smallest absolute Gasteiger partial charge is 0.291 e. The van der Waals surface area contributed by atoms with Crippen LogP contribution in [0.3, 0.4) is 0 Å². The molecule has 142 valence electrons. The van der Waals surface area contributed by atoms with Crippen molar-refractivity contribution in [3.05, 3.63) is 71.7 Å². The van der Waals surface area contributed by atoms with Crippen LogP contribution in [0.2, 0.25) is 0 Å². The van der Waals surface area contributed by atoms with Gasteiger partial charge in [-0.1, -0.05) is 30.3 Å². The standard InChI is InChI=1S/C22H19FN2O3/c1-13(26)19-20(14-5-4-6-16(23)11-14)25(22(28)21(19)27)10-9-15-12-24-18-8-3-2-7-17(15)18/h2-8,11-12,19-20,24H,9-10H2,1H3. The summed E-state index contributed by atoms with van der Waals surface area (Å²) in [6.07, 6.45) is 2.39. The number of carbonyl (C=O) groups excluding carboxylic acids is 3. The molecule has 5 nitrogen and oxygen atoms in total. The Morgan fingerprint density at radius 2 is 1.93 bits per heavy atom. The Labute approximate surface area is 161 Å². The van der Waals surface area contributed by atoms with E-state index in [1.165, 1.54) is 30.0 Å². The van der Waals surface area contributed by atoms with Gasteiger partial charge in [0.2, 0.25) is 5.78 Å². The van der Waals surface area contributed by atoms with E-state index in [1.807, 2.05) is 30.5 Å². The van der Waals surface area contributed by atoms with Gasteiger partial charge in [0, 0.05) is 23.6 Å². The molecule has 6 heteroatoms. The van der Waals surface area contributed by atoms with Gasteiger partial charge in [0.05, 0.1) is 6.04 Å². The SMILES string of the molecule is CC(=O)C1C(=O)C(=O)N(CCc2c[nH]c3ccccc23)C1c1cccc(F)c1. The highest BCUT2D eigenvalue weighted by Gasteiger charge is 2.50. The van der Waals surface area contributed by atoms with E-state index in [9.17, 15) is 18.8 Å². The second-order valence-corrected chi connectivity index (χ2v) is 7.06. The fourth-order valence-electron chi connectivity index (χ4n) is 4.01. The Morgan fingerprint density at radius 1 is 1.14 bits per heavy atom. The number of aromatic nitrogens is 1. The van der Waals surface area contributed by atoms with Crippen LogP contribution >= 0.6 is 0 Å². The fraction of sp³-hybridized carbons (Fsp3) is 0.227. The zero-order valence-corrected chi connectivity index (χ0v) is 15.3. The third-order valence-corrected chi connectivity index (χ3v) is 5.33. The number of carbonyl (C=O) groups is 3. The third-order valence-electron chi connectivity index (χ3n) is 5.33. The monoisotopic (exact) mass is 378 g/mol. The van der Waals surface area contributed by atoms with Crippen LogP contribution in [0.15, 0.2) is 54.7 Å². The molecule has 0 bridgehead atoms. The summed E-state index contributed by atoms with van der Waals surface area (Å²) in [6, 6.07) is 12.8. The first-order valence-corrected chi connectivity index (χ1v) is 9.13. The number of halogens is 1. The Balaban J connectivity index is 1.67. The maximum Gasteiger partial charge on any atom is 0.291 e. The van der Waals surface area contributed by atoms with Crippen LogP contribution in [0.5, 0.6) is 0 Å². The van der Waals surface area contributed by atoms with Gasteiger partial charge in [-0.15, -0.1) is 0 Å². The van der Waals surface area contributed by atoms with E-state index in [2.05, 4.69) is 4.98 Å². The topological polar surface area (TPSA) is 70.2 Å². The summed E-state index contributed by atoms with van der Waals surface area (Å²) in [5, 5.41) is 1.05. The minimum Gasteiger partial charge on any atom is -0.361 e. The van der Waals surface area contributed by atoms with Gasteiger partial charge < -0.3 is 9.88 Å². The van der Waals surface area contributed by atoms with Crippen LogP contribution in [0.1, 0.15) is 24.1 Å². The normalized spacial score (nSPS) is 19.6. The molecule has 1 N–H and O–H groups in total. The molecule has 3 aromatic rings. The number of ketones is 2. The van der Waals surface area contributed by atoms with Crippen molar-refractivity contribution in [2.24, 2.45) is 5.92 Å². The molecule has 28 heavy (non-hydrogen) atoms. The summed E-state index contributed by atoms with van der Waals surface area (Å²) in [4.78, 5) is 41.8. The molecule has 2 unspecified atom stereocenters. The number of amides is 1. The maximum absolute atomic E-state index is 13.8. The molecule has 2 atom stereocenters. The summed E-state index contributed by atoms with van der Waals surface area (Å²) < 4.78 is 13.8. The molecule has 2 aromatic carbocycles. The molecular weight excluding hydrogens is 359 g/mol. The number of nitrogens with zero attached hydrogens (tertiary/aromatic N) is 1. The molecule has 0 aliphatic carbocycles. The van der Waals surface area contributed by atoms with Gasteiger partial charge in [-0.25, -0.2) is 4.39 Å². The molecule has 4 rings (SSSR count). The van der Waals surface area contributed by atoms with Crippen molar-refractivity contribution in [1.82, 2.24) is 9.88 Å². The number of aromatic amines is 1. The minimum atomic E-state index is -1.10. The number of nitrogens with one attached hydrogen (secondary N) is 1. The molecule has 0 radical (unpaired) electrons. The maximum atomic E-state index is 13.8. The summed E-state index contributed by atoms with van der Waals surface area (Å²) in [5.74, 6) is -3.36. The highest BCUT2D eigenvalue weighted by molar-refractivity contribution is 6.42. The number of fused-ring (bicyclic) bond motifs is 1. The Kier molecular flexibility index (Phi) is 4.55. The Bertz CT molecular complexity index is 1090. The molecule has 1 aliphatic rings. The first-order valence-electron chi connectivity index (χ1n) is 9.13. The quantitative estimate of drug-likeness (QED) is 0.547. The first kappa shape index (κ1) is 18.1. The Morgan fingerprint density at radius 3 is 2.68 bits per heavy atom. The second-order valence-electron chi connectivity index (χ2n) is 7.06. The number of benzene rings is 2. The number of Topliss-reactive ketones (excluding diaryl/α,β-unsaturated/α-hetero) is 2. The lowest BCUT2D eigenvalue weighted by atomic mass is 9.90. The first-order chi connectivity index (χ1) is 13.5. The molecule has 1 aliphatic heterocycles. The summed E-state index contributed by atoms with van der Waals surface area (Å²) >= 11 is 0. The summed E-state index contributed by atoms with van der Waals surface area (Å²) in [7, 11) is 0. The number of likely N-dealkylation sites (tertiary alicyclic amines) is 1. The van der Waals surface area contributed by atoms with Crippen molar-refractivity contribution in [2.45, 2.75) is 19.4 Å². The van der Waals surface area contributed by atoms with Crippen LogP contribution in [-0.2, 0) is 20.8 Å². The molecule has 0 saturated carbocycles. The van der Waals surface area contributed by atoms with Crippen LogP contribution in [0.4, 0.5) is 4.39 Å². The highest BCUT2D eigenvalue weighted by atomic mass is 19.1. The van der Waals surface area contributed by atoms with Crippen molar-refractivity contribution >= 4 is 28.4 Å². The lowest BCUT2D eigenvalue weighted by Gasteiger charge is -2.26. The second kappa shape index (κ2) is 7.03. The van der Waals surface area contributed by atoms with E-state index in [1.54, 1.807) is 6.07 Å². The third kappa shape index (κ3) is 3.01. The summed E-state index contributed by atoms with van der Waals surface area (Å²) in [5.41, 5.74) is 2.46. The average Bonchev–Trinajstić information content (AvgIpc) is 3.19. The lowest BCUT2D eigenvalue weighted by Crippen LogP contribution is -2.32. The molecule has 1 saturated heterocycles. The van der Waals surface area contributed by atoms with E-state index in [0.29, 0.717) is 12.0 Å². The zero-order chi connectivity index (χ0) is 19.8. The largest absolute Gasteiger partial charge is 0.361 e. The van der Waals surface area contributed by atoms with Crippen molar-refractivity contribution in [3.8, 4) is 0 Å². The van der Waals surface area contributed by atoms with E-state index in [0.717, 1.165) is 16.5 Å². The number of hydrogen-bond acceptors (Lipinski definition) is 3. The molecule has 1 aromatic heterocycles.